The van der Waals surface area contributed by atoms with Crippen LogP contribution in [0.15, 0.2) is 22.7 Å². The summed E-state index contributed by atoms with van der Waals surface area (Å²) in [5.74, 6) is 0. The average molecular weight is 344 g/mol. The first-order valence-corrected chi connectivity index (χ1v) is 7.44. The van der Waals surface area contributed by atoms with E-state index in [2.05, 4.69) is 21.2 Å². The SMILES string of the molecule is O=[N+]([O-])c1cc(Br)ccc1N(CCO)CC1CCCN1. The molecule has 20 heavy (non-hydrogen) atoms. The van der Waals surface area contributed by atoms with E-state index < -0.39 is 0 Å². The fourth-order valence-electron chi connectivity index (χ4n) is 2.52. The van der Waals surface area contributed by atoms with Crippen LogP contribution in [0.4, 0.5) is 11.4 Å². The summed E-state index contributed by atoms with van der Waals surface area (Å²) in [4.78, 5) is 12.7. The van der Waals surface area contributed by atoms with Gasteiger partial charge in [0.25, 0.3) is 5.69 Å². The fraction of sp³-hybridized carbons (Fsp3) is 0.538. The Labute approximate surface area is 126 Å². The predicted octanol–water partition coefficient (Wildman–Crippen LogP) is 1.91. The minimum Gasteiger partial charge on any atom is -0.395 e. The Kier molecular flexibility index (Phi) is 5.33. The molecule has 1 fully saturated rings. The number of benzene rings is 1. The van der Waals surface area contributed by atoms with Crippen molar-refractivity contribution in [2.24, 2.45) is 0 Å². The van der Waals surface area contributed by atoms with Crippen LogP contribution in [0.3, 0.4) is 0 Å². The Balaban J connectivity index is 2.25. The van der Waals surface area contributed by atoms with E-state index in [1.54, 1.807) is 12.1 Å². The highest BCUT2D eigenvalue weighted by Gasteiger charge is 2.23. The minimum absolute atomic E-state index is 0.0278. The minimum atomic E-state index is -0.382. The molecule has 1 aliphatic heterocycles. The first-order valence-electron chi connectivity index (χ1n) is 6.65. The van der Waals surface area contributed by atoms with Gasteiger partial charge in [0.05, 0.1) is 11.5 Å². The number of nitrogens with one attached hydrogen (secondary N) is 1. The lowest BCUT2D eigenvalue weighted by molar-refractivity contribution is -0.384. The van der Waals surface area contributed by atoms with E-state index in [0.717, 1.165) is 19.4 Å². The molecule has 1 aliphatic rings. The summed E-state index contributed by atoms with van der Waals surface area (Å²) in [7, 11) is 0. The number of nitro groups is 1. The van der Waals surface area contributed by atoms with Gasteiger partial charge in [-0.25, -0.2) is 0 Å². The molecule has 1 unspecified atom stereocenters. The topological polar surface area (TPSA) is 78.6 Å². The Bertz CT molecular complexity index is 478. The molecule has 110 valence electrons. The van der Waals surface area contributed by atoms with Crippen molar-refractivity contribution in [3.63, 3.8) is 0 Å². The monoisotopic (exact) mass is 343 g/mol. The summed E-state index contributed by atoms with van der Waals surface area (Å²) in [5, 5.41) is 23.8. The van der Waals surface area contributed by atoms with Gasteiger partial charge in [0.1, 0.15) is 5.69 Å². The van der Waals surface area contributed by atoms with E-state index in [1.165, 1.54) is 6.07 Å². The molecule has 7 heteroatoms. The van der Waals surface area contributed by atoms with Crippen LogP contribution in [-0.4, -0.2) is 42.3 Å². The molecule has 1 atom stereocenters. The highest BCUT2D eigenvalue weighted by atomic mass is 79.9. The van der Waals surface area contributed by atoms with Crippen molar-refractivity contribution in [2.45, 2.75) is 18.9 Å². The summed E-state index contributed by atoms with van der Waals surface area (Å²) < 4.78 is 0.677. The predicted molar refractivity (Wildman–Crippen MR) is 81.1 cm³/mol. The van der Waals surface area contributed by atoms with Crippen LogP contribution in [0.1, 0.15) is 12.8 Å². The molecule has 0 aliphatic carbocycles. The van der Waals surface area contributed by atoms with Crippen molar-refractivity contribution in [3.05, 3.63) is 32.8 Å². The molecule has 1 aromatic rings. The number of hydrogen-bond acceptors (Lipinski definition) is 5. The normalized spacial score (nSPS) is 18.2. The van der Waals surface area contributed by atoms with Crippen LogP contribution in [0.5, 0.6) is 0 Å². The van der Waals surface area contributed by atoms with Gasteiger partial charge in [-0.05, 0) is 31.5 Å². The van der Waals surface area contributed by atoms with Gasteiger partial charge < -0.3 is 15.3 Å². The van der Waals surface area contributed by atoms with E-state index in [9.17, 15) is 15.2 Å². The molecule has 1 aromatic carbocycles. The van der Waals surface area contributed by atoms with Crippen molar-refractivity contribution in [1.29, 1.82) is 0 Å². The standard InChI is InChI=1S/C13H18BrN3O3/c14-10-3-4-12(13(8-10)17(19)20)16(6-7-18)9-11-2-1-5-15-11/h3-4,8,11,15,18H,1-2,5-7,9H2. The quantitative estimate of drug-likeness (QED) is 0.609. The lowest BCUT2D eigenvalue weighted by Gasteiger charge is -2.27. The Morgan fingerprint density at radius 3 is 2.95 bits per heavy atom. The van der Waals surface area contributed by atoms with Gasteiger partial charge in [-0.3, -0.25) is 10.1 Å². The zero-order chi connectivity index (χ0) is 14.5. The number of anilines is 1. The fourth-order valence-corrected chi connectivity index (χ4v) is 2.87. The number of hydrogen-bond donors (Lipinski definition) is 2. The summed E-state index contributed by atoms with van der Waals surface area (Å²) in [6.45, 7) is 2.02. The maximum absolute atomic E-state index is 11.2. The molecule has 0 amide bonds. The van der Waals surface area contributed by atoms with E-state index in [0.29, 0.717) is 29.3 Å². The lowest BCUT2D eigenvalue weighted by atomic mass is 10.2. The van der Waals surface area contributed by atoms with Crippen molar-refractivity contribution in [2.75, 3.05) is 31.1 Å². The van der Waals surface area contributed by atoms with E-state index in [1.807, 2.05) is 4.90 Å². The van der Waals surface area contributed by atoms with Crippen molar-refractivity contribution >= 4 is 27.3 Å². The lowest BCUT2D eigenvalue weighted by Crippen LogP contribution is -2.39. The molecular formula is C13H18BrN3O3. The third-order valence-corrected chi connectivity index (χ3v) is 3.94. The van der Waals surface area contributed by atoms with Crippen LogP contribution < -0.4 is 10.2 Å². The van der Waals surface area contributed by atoms with Gasteiger partial charge in [-0.1, -0.05) is 15.9 Å². The third kappa shape index (κ3) is 3.68. The summed E-state index contributed by atoms with van der Waals surface area (Å²) in [6, 6.07) is 5.34. The maximum atomic E-state index is 11.2. The second-order valence-electron chi connectivity index (χ2n) is 4.85. The van der Waals surface area contributed by atoms with Gasteiger partial charge in [0.15, 0.2) is 0 Å². The highest BCUT2D eigenvalue weighted by molar-refractivity contribution is 9.10. The third-order valence-electron chi connectivity index (χ3n) is 3.45. The van der Waals surface area contributed by atoms with E-state index >= 15 is 0 Å². The Morgan fingerprint density at radius 1 is 1.55 bits per heavy atom. The van der Waals surface area contributed by atoms with Crippen LogP contribution in [0, 0.1) is 10.1 Å². The first-order chi connectivity index (χ1) is 9.61. The molecule has 0 spiro atoms. The van der Waals surface area contributed by atoms with Crippen LogP contribution in [0.2, 0.25) is 0 Å². The number of aliphatic hydroxyl groups is 1. The molecule has 0 radical (unpaired) electrons. The van der Waals surface area contributed by atoms with Gasteiger partial charge in [0, 0.05) is 29.7 Å². The summed E-state index contributed by atoms with van der Waals surface area (Å²) in [6.07, 6.45) is 2.19. The van der Waals surface area contributed by atoms with Crippen molar-refractivity contribution in [3.8, 4) is 0 Å². The van der Waals surface area contributed by atoms with Crippen LogP contribution in [0.25, 0.3) is 0 Å². The number of nitro benzene ring substituents is 1. The molecule has 0 aromatic heterocycles. The first kappa shape index (κ1) is 15.2. The van der Waals surface area contributed by atoms with Crippen LogP contribution >= 0.6 is 15.9 Å². The van der Waals surface area contributed by atoms with Crippen molar-refractivity contribution < 1.29 is 10.0 Å². The molecule has 6 nitrogen and oxygen atoms in total. The second-order valence-corrected chi connectivity index (χ2v) is 5.77. The zero-order valence-electron chi connectivity index (χ0n) is 11.1. The van der Waals surface area contributed by atoms with Gasteiger partial charge in [0.2, 0.25) is 0 Å². The molecule has 2 N–H and O–H groups in total. The number of rotatable bonds is 6. The highest BCUT2D eigenvalue weighted by Crippen LogP contribution is 2.31. The average Bonchev–Trinajstić information content (AvgIpc) is 2.91. The summed E-state index contributed by atoms with van der Waals surface area (Å²) in [5.41, 5.74) is 0.617. The zero-order valence-corrected chi connectivity index (χ0v) is 12.7. The summed E-state index contributed by atoms with van der Waals surface area (Å²) >= 11 is 3.26. The van der Waals surface area contributed by atoms with Gasteiger partial charge in [-0.2, -0.15) is 0 Å². The molecule has 0 saturated carbocycles. The number of halogens is 1. The van der Waals surface area contributed by atoms with E-state index in [-0.39, 0.29) is 17.2 Å². The second kappa shape index (κ2) is 7.01. The molecule has 1 saturated heterocycles. The Morgan fingerprint density at radius 2 is 2.35 bits per heavy atom. The molecule has 1 heterocycles. The van der Waals surface area contributed by atoms with Gasteiger partial charge in [-0.15, -0.1) is 0 Å². The largest absolute Gasteiger partial charge is 0.395 e. The Hall–Kier alpha value is -1.18. The number of nitrogens with zero attached hydrogens (tertiary/aromatic N) is 2. The smallest absolute Gasteiger partial charge is 0.293 e. The van der Waals surface area contributed by atoms with E-state index in [4.69, 9.17) is 0 Å². The van der Waals surface area contributed by atoms with Gasteiger partial charge >= 0.3 is 0 Å². The maximum Gasteiger partial charge on any atom is 0.293 e. The van der Waals surface area contributed by atoms with Crippen LogP contribution in [-0.2, 0) is 0 Å². The van der Waals surface area contributed by atoms with Crippen molar-refractivity contribution in [1.82, 2.24) is 5.32 Å². The molecule has 0 bridgehead atoms. The molecule has 2 rings (SSSR count). The molecular weight excluding hydrogens is 326 g/mol. The number of aliphatic hydroxyl groups excluding tert-OH is 1.